The average molecular weight is 495 g/mol. The molecular weight excluding hydrogens is 468 g/mol. The standard InChI is InChI=1S/C25H26N4O5S/c30-21(28-9-11-34-12-10-28)15-27-7-8-29(22(31)16-27)14-18-23(25(32)33)17-4-1-2-5-19(17)26-24(18)20-6-3-13-35-20/h1-6,13H,7-12,14-16H2,(H,32,33). The van der Waals surface area contributed by atoms with Gasteiger partial charge in [-0.2, -0.15) is 0 Å². The van der Waals surface area contributed by atoms with E-state index < -0.39 is 5.97 Å². The maximum atomic E-state index is 13.1. The van der Waals surface area contributed by atoms with Crippen molar-refractivity contribution in [3.63, 3.8) is 0 Å². The third-order valence-corrected chi connectivity index (χ3v) is 7.31. The summed E-state index contributed by atoms with van der Waals surface area (Å²) in [5.74, 6) is -1.17. The molecule has 2 aliphatic heterocycles. The van der Waals surface area contributed by atoms with Crippen LogP contribution in [0.15, 0.2) is 41.8 Å². The first-order valence-corrected chi connectivity index (χ1v) is 12.4. The number of aromatic carboxylic acids is 1. The summed E-state index contributed by atoms with van der Waals surface area (Å²) < 4.78 is 5.30. The van der Waals surface area contributed by atoms with Crippen LogP contribution in [0.2, 0.25) is 0 Å². The highest BCUT2D eigenvalue weighted by atomic mass is 32.1. The molecule has 35 heavy (non-hydrogen) atoms. The van der Waals surface area contributed by atoms with E-state index in [0.29, 0.717) is 61.6 Å². The van der Waals surface area contributed by atoms with Crippen molar-refractivity contribution in [3.8, 4) is 10.6 Å². The van der Waals surface area contributed by atoms with E-state index >= 15 is 0 Å². The van der Waals surface area contributed by atoms with Crippen molar-refractivity contribution in [2.45, 2.75) is 6.54 Å². The quantitative estimate of drug-likeness (QED) is 0.560. The molecule has 0 aliphatic carbocycles. The number of fused-ring (bicyclic) bond motifs is 1. The van der Waals surface area contributed by atoms with Crippen molar-refractivity contribution < 1.29 is 24.2 Å². The number of rotatable bonds is 6. The molecule has 4 heterocycles. The number of hydrogen-bond acceptors (Lipinski definition) is 7. The van der Waals surface area contributed by atoms with Crippen LogP contribution >= 0.6 is 11.3 Å². The van der Waals surface area contributed by atoms with Crippen LogP contribution in [0.4, 0.5) is 0 Å². The molecule has 2 fully saturated rings. The zero-order valence-electron chi connectivity index (χ0n) is 19.2. The summed E-state index contributed by atoms with van der Waals surface area (Å²) >= 11 is 1.48. The molecule has 2 aliphatic rings. The molecule has 2 amide bonds. The minimum absolute atomic E-state index is 0.00132. The second kappa shape index (κ2) is 10.1. The lowest BCUT2D eigenvalue weighted by atomic mass is 9.98. The molecule has 10 heteroatoms. The number of piperazine rings is 1. The fraction of sp³-hybridized carbons (Fsp3) is 0.360. The monoisotopic (exact) mass is 494 g/mol. The Bertz CT molecular complexity index is 1260. The molecule has 0 radical (unpaired) electrons. The summed E-state index contributed by atoms with van der Waals surface area (Å²) in [7, 11) is 0. The molecule has 2 saturated heterocycles. The smallest absolute Gasteiger partial charge is 0.336 e. The number of hydrogen-bond donors (Lipinski definition) is 1. The number of amides is 2. The average Bonchev–Trinajstić information content (AvgIpc) is 3.40. The molecular formula is C25H26N4O5S. The van der Waals surface area contributed by atoms with Gasteiger partial charge in [0.2, 0.25) is 11.8 Å². The molecule has 9 nitrogen and oxygen atoms in total. The van der Waals surface area contributed by atoms with Gasteiger partial charge >= 0.3 is 5.97 Å². The van der Waals surface area contributed by atoms with Crippen molar-refractivity contribution in [3.05, 3.63) is 52.9 Å². The van der Waals surface area contributed by atoms with Crippen LogP contribution < -0.4 is 0 Å². The van der Waals surface area contributed by atoms with Gasteiger partial charge in [-0.25, -0.2) is 9.78 Å². The van der Waals surface area contributed by atoms with E-state index in [9.17, 15) is 19.5 Å². The minimum Gasteiger partial charge on any atom is -0.478 e. The van der Waals surface area contributed by atoms with Crippen molar-refractivity contribution >= 4 is 40.0 Å². The Morgan fingerprint density at radius 2 is 1.86 bits per heavy atom. The Morgan fingerprint density at radius 1 is 1.06 bits per heavy atom. The van der Waals surface area contributed by atoms with Gasteiger partial charge in [0.25, 0.3) is 0 Å². The van der Waals surface area contributed by atoms with E-state index in [1.54, 1.807) is 28.0 Å². The lowest BCUT2D eigenvalue weighted by Crippen LogP contribution is -2.53. The topological polar surface area (TPSA) is 103 Å². The van der Waals surface area contributed by atoms with E-state index in [1.165, 1.54) is 11.3 Å². The Morgan fingerprint density at radius 3 is 2.57 bits per heavy atom. The zero-order chi connectivity index (χ0) is 24.4. The lowest BCUT2D eigenvalue weighted by Gasteiger charge is -2.36. The molecule has 0 atom stereocenters. The summed E-state index contributed by atoms with van der Waals surface area (Å²) in [5, 5.41) is 12.6. The predicted molar refractivity (Wildman–Crippen MR) is 131 cm³/mol. The largest absolute Gasteiger partial charge is 0.478 e. The maximum Gasteiger partial charge on any atom is 0.336 e. The van der Waals surface area contributed by atoms with Crippen LogP contribution in [0.25, 0.3) is 21.5 Å². The highest BCUT2D eigenvalue weighted by molar-refractivity contribution is 7.13. The second-order valence-corrected chi connectivity index (χ2v) is 9.58. The van der Waals surface area contributed by atoms with Crippen LogP contribution in [0.1, 0.15) is 15.9 Å². The Hall–Kier alpha value is -3.34. The third-order valence-electron chi connectivity index (χ3n) is 6.43. The number of carboxylic acid groups (broad SMARTS) is 1. The van der Waals surface area contributed by atoms with Crippen molar-refractivity contribution in [2.24, 2.45) is 0 Å². The molecule has 5 rings (SSSR count). The summed E-state index contributed by atoms with van der Waals surface area (Å²) in [6.45, 7) is 3.64. The zero-order valence-corrected chi connectivity index (χ0v) is 20.0. The highest BCUT2D eigenvalue weighted by Gasteiger charge is 2.30. The minimum atomic E-state index is -1.04. The van der Waals surface area contributed by atoms with Gasteiger partial charge in [-0.15, -0.1) is 11.3 Å². The predicted octanol–water partition coefficient (Wildman–Crippen LogP) is 2.16. The maximum absolute atomic E-state index is 13.1. The second-order valence-electron chi connectivity index (χ2n) is 8.63. The van der Waals surface area contributed by atoms with Crippen LogP contribution in [0.5, 0.6) is 0 Å². The Kier molecular flexibility index (Phi) is 6.76. The first-order valence-electron chi connectivity index (χ1n) is 11.6. The number of thiophene rings is 1. The first kappa shape index (κ1) is 23.4. The number of para-hydroxylation sites is 1. The fourth-order valence-corrected chi connectivity index (χ4v) is 5.36. The number of morpholine rings is 1. The van der Waals surface area contributed by atoms with E-state index in [0.717, 1.165) is 4.88 Å². The molecule has 0 unspecified atom stereocenters. The summed E-state index contributed by atoms with van der Waals surface area (Å²) in [6, 6.07) is 11.0. The molecule has 1 aromatic carbocycles. The number of pyridine rings is 1. The Labute approximate surface area is 206 Å². The third kappa shape index (κ3) is 4.90. The van der Waals surface area contributed by atoms with Gasteiger partial charge in [-0.1, -0.05) is 24.3 Å². The molecule has 2 aromatic heterocycles. The normalized spacial score (nSPS) is 17.2. The van der Waals surface area contributed by atoms with Crippen molar-refractivity contribution in [1.29, 1.82) is 0 Å². The van der Waals surface area contributed by atoms with Crippen LogP contribution in [-0.4, -0.2) is 95.1 Å². The first-order chi connectivity index (χ1) is 17.0. The van der Waals surface area contributed by atoms with Crippen molar-refractivity contribution in [2.75, 3.05) is 52.5 Å². The Balaban J connectivity index is 1.39. The number of aromatic nitrogens is 1. The summed E-state index contributed by atoms with van der Waals surface area (Å²) in [4.78, 5) is 49.0. The van der Waals surface area contributed by atoms with E-state index in [2.05, 4.69) is 0 Å². The number of nitrogens with zero attached hydrogens (tertiary/aromatic N) is 4. The van der Waals surface area contributed by atoms with E-state index in [-0.39, 0.29) is 37.0 Å². The van der Waals surface area contributed by atoms with Gasteiger partial charge < -0.3 is 19.6 Å². The number of benzene rings is 1. The van der Waals surface area contributed by atoms with Crippen LogP contribution in [-0.2, 0) is 20.9 Å². The SMILES string of the molecule is O=C(O)c1c(CN2CCN(CC(=O)N3CCOCC3)CC2=O)c(-c2cccs2)nc2ccccc12. The number of ether oxygens (including phenoxy) is 1. The van der Waals surface area contributed by atoms with Crippen molar-refractivity contribution in [1.82, 2.24) is 19.7 Å². The molecule has 0 saturated carbocycles. The molecule has 1 N–H and O–H groups in total. The van der Waals surface area contributed by atoms with Gasteiger partial charge in [0.1, 0.15) is 0 Å². The number of carbonyl (C=O) groups excluding carboxylic acids is 2. The highest BCUT2D eigenvalue weighted by Crippen LogP contribution is 2.34. The summed E-state index contributed by atoms with van der Waals surface area (Å²) in [6.07, 6.45) is 0. The molecule has 3 aromatic rings. The molecule has 0 bridgehead atoms. The van der Waals surface area contributed by atoms with E-state index in [1.807, 2.05) is 28.5 Å². The van der Waals surface area contributed by atoms with E-state index in [4.69, 9.17) is 9.72 Å². The van der Waals surface area contributed by atoms with Gasteiger partial charge in [0, 0.05) is 43.7 Å². The number of carbonyl (C=O) groups is 3. The van der Waals surface area contributed by atoms with Gasteiger partial charge in [0.15, 0.2) is 0 Å². The van der Waals surface area contributed by atoms with Gasteiger partial charge in [-0.3, -0.25) is 14.5 Å². The van der Waals surface area contributed by atoms with Crippen LogP contribution in [0.3, 0.4) is 0 Å². The summed E-state index contributed by atoms with van der Waals surface area (Å²) in [5.41, 5.74) is 1.91. The number of carboxylic acids is 1. The van der Waals surface area contributed by atoms with Crippen LogP contribution in [0, 0.1) is 0 Å². The molecule has 182 valence electrons. The van der Waals surface area contributed by atoms with Gasteiger partial charge in [-0.05, 0) is 17.5 Å². The van der Waals surface area contributed by atoms with Gasteiger partial charge in [0.05, 0.1) is 48.0 Å². The lowest BCUT2D eigenvalue weighted by molar-refractivity contribution is -0.141. The molecule has 0 spiro atoms. The fourth-order valence-electron chi connectivity index (χ4n) is 4.62.